The second-order valence-electron chi connectivity index (χ2n) is 4.18. The highest BCUT2D eigenvalue weighted by Gasteiger charge is 2.09. The van der Waals surface area contributed by atoms with Crippen molar-refractivity contribution in [2.45, 2.75) is 19.8 Å². The van der Waals surface area contributed by atoms with Gasteiger partial charge in [0.2, 0.25) is 0 Å². The Bertz CT molecular complexity index is 673. The lowest BCUT2D eigenvalue weighted by molar-refractivity contribution is 0.508. The Balaban J connectivity index is 1.95. The fourth-order valence-corrected chi connectivity index (χ4v) is 2.25. The second-order valence-corrected chi connectivity index (χ2v) is 4.58. The van der Waals surface area contributed by atoms with Gasteiger partial charge >= 0.3 is 0 Å². The molecule has 3 aromatic rings. The Kier molecular flexibility index (Phi) is 2.80. The number of aryl methyl sites for hydroxylation is 3. The highest BCUT2D eigenvalue weighted by atomic mass is 35.5. The first-order chi connectivity index (χ1) is 8.72. The molecule has 0 aromatic carbocycles. The Morgan fingerprint density at radius 2 is 2.22 bits per heavy atom. The highest BCUT2D eigenvalue weighted by Crippen LogP contribution is 2.21. The SMILES string of the molecule is Cc1nc(CCc2ccco2)c2cc(Cl)[nH]c2n1. The maximum absolute atomic E-state index is 5.97. The van der Waals surface area contributed by atoms with Crippen LogP contribution in [0.5, 0.6) is 0 Å². The van der Waals surface area contributed by atoms with Crippen LogP contribution in [0.3, 0.4) is 0 Å². The predicted molar refractivity (Wildman–Crippen MR) is 69.8 cm³/mol. The molecule has 5 heteroatoms. The maximum atomic E-state index is 5.97. The van der Waals surface area contributed by atoms with E-state index in [1.165, 1.54) is 0 Å². The first-order valence-electron chi connectivity index (χ1n) is 5.76. The molecule has 92 valence electrons. The lowest BCUT2D eigenvalue weighted by atomic mass is 10.1. The molecule has 0 spiro atoms. The van der Waals surface area contributed by atoms with E-state index in [2.05, 4.69) is 15.0 Å². The van der Waals surface area contributed by atoms with Gasteiger partial charge in [-0.2, -0.15) is 0 Å². The molecule has 0 saturated heterocycles. The van der Waals surface area contributed by atoms with E-state index in [1.54, 1.807) is 6.26 Å². The summed E-state index contributed by atoms with van der Waals surface area (Å²) < 4.78 is 5.33. The summed E-state index contributed by atoms with van der Waals surface area (Å²) in [4.78, 5) is 11.8. The number of H-pyrrole nitrogens is 1. The van der Waals surface area contributed by atoms with Crippen LogP contribution in [0.1, 0.15) is 17.3 Å². The normalized spacial score (nSPS) is 11.2. The molecule has 0 aliphatic carbocycles. The number of nitrogens with one attached hydrogen (secondary N) is 1. The van der Waals surface area contributed by atoms with Crippen molar-refractivity contribution in [3.63, 3.8) is 0 Å². The van der Waals surface area contributed by atoms with Gasteiger partial charge in [-0.25, -0.2) is 9.97 Å². The highest BCUT2D eigenvalue weighted by molar-refractivity contribution is 6.30. The summed E-state index contributed by atoms with van der Waals surface area (Å²) in [5, 5.41) is 1.57. The number of aromatic nitrogens is 3. The van der Waals surface area contributed by atoms with Crippen LogP contribution in [0, 0.1) is 6.92 Å². The second kappa shape index (κ2) is 4.46. The fourth-order valence-electron chi connectivity index (χ4n) is 2.05. The standard InChI is InChI=1S/C13H12ClN3O/c1-8-15-11(5-4-9-3-2-6-18-9)10-7-12(14)17-13(10)16-8/h2-3,6-7H,4-5H2,1H3,(H,15,16,17). The minimum absolute atomic E-state index is 0.587. The molecule has 0 amide bonds. The molecule has 0 radical (unpaired) electrons. The number of rotatable bonds is 3. The third-order valence-corrected chi connectivity index (χ3v) is 3.04. The van der Waals surface area contributed by atoms with Gasteiger partial charge in [0, 0.05) is 11.8 Å². The predicted octanol–water partition coefficient (Wildman–Crippen LogP) is 3.30. The van der Waals surface area contributed by atoms with E-state index in [-0.39, 0.29) is 0 Å². The van der Waals surface area contributed by atoms with E-state index in [0.29, 0.717) is 5.15 Å². The maximum Gasteiger partial charge on any atom is 0.142 e. The molecule has 4 nitrogen and oxygen atoms in total. The van der Waals surface area contributed by atoms with Crippen LogP contribution in [-0.2, 0) is 12.8 Å². The van der Waals surface area contributed by atoms with Gasteiger partial charge in [0.1, 0.15) is 22.4 Å². The Morgan fingerprint density at radius 3 is 3.00 bits per heavy atom. The summed E-state index contributed by atoms with van der Waals surface area (Å²) in [6.45, 7) is 1.88. The quantitative estimate of drug-likeness (QED) is 0.787. The summed E-state index contributed by atoms with van der Waals surface area (Å²) in [6.07, 6.45) is 3.31. The zero-order valence-electron chi connectivity index (χ0n) is 9.90. The van der Waals surface area contributed by atoms with Crippen LogP contribution in [0.25, 0.3) is 11.0 Å². The molecule has 0 atom stereocenters. The number of nitrogens with zero attached hydrogens (tertiary/aromatic N) is 2. The van der Waals surface area contributed by atoms with Gasteiger partial charge in [-0.1, -0.05) is 11.6 Å². The number of furan rings is 1. The number of hydrogen-bond donors (Lipinski definition) is 1. The summed E-state index contributed by atoms with van der Waals surface area (Å²) in [7, 11) is 0. The number of fused-ring (bicyclic) bond motifs is 1. The number of halogens is 1. The van der Waals surface area contributed by atoms with Crippen LogP contribution in [0.15, 0.2) is 28.9 Å². The summed E-state index contributed by atoms with van der Waals surface area (Å²) in [5.41, 5.74) is 1.79. The average Bonchev–Trinajstić information content (AvgIpc) is 2.93. The minimum Gasteiger partial charge on any atom is -0.469 e. The van der Waals surface area contributed by atoms with Crippen molar-refractivity contribution in [1.29, 1.82) is 0 Å². The van der Waals surface area contributed by atoms with Crippen molar-refractivity contribution < 1.29 is 4.42 Å². The fraction of sp³-hybridized carbons (Fsp3) is 0.231. The van der Waals surface area contributed by atoms with Crippen LogP contribution >= 0.6 is 11.6 Å². The lowest BCUT2D eigenvalue weighted by Crippen LogP contribution is -1.98. The first kappa shape index (κ1) is 11.3. The summed E-state index contributed by atoms with van der Waals surface area (Å²) in [5.74, 6) is 1.71. The lowest BCUT2D eigenvalue weighted by Gasteiger charge is -2.02. The third-order valence-electron chi connectivity index (χ3n) is 2.83. The molecule has 0 saturated carbocycles. The van der Waals surface area contributed by atoms with Crippen molar-refractivity contribution in [3.05, 3.63) is 46.9 Å². The number of aromatic amines is 1. The van der Waals surface area contributed by atoms with E-state index >= 15 is 0 Å². The Labute approximate surface area is 109 Å². The topological polar surface area (TPSA) is 54.7 Å². The molecule has 3 aromatic heterocycles. The van der Waals surface area contributed by atoms with Gasteiger partial charge in [0.25, 0.3) is 0 Å². The van der Waals surface area contributed by atoms with Crippen molar-refractivity contribution >= 4 is 22.6 Å². The van der Waals surface area contributed by atoms with Crippen molar-refractivity contribution in [2.24, 2.45) is 0 Å². The third kappa shape index (κ3) is 2.11. The number of hydrogen-bond acceptors (Lipinski definition) is 3. The molecule has 18 heavy (non-hydrogen) atoms. The van der Waals surface area contributed by atoms with Crippen molar-refractivity contribution in [2.75, 3.05) is 0 Å². The van der Waals surface area contributed by atoms with Gasteiger partial charge in [-0.15, -0.1) is 0 Å². The Morgan fingerprint density at radius 1 is 1.33 bits per heavy atom. The van der Waals surface area contributed by atoms with Crippen molar-refractivity contribution in [1.82, 2.24) is 15.0 Å². The zero-order valence-corrected chi connectivity index (χ0v) is 10.7. The largest absolute Gasteiger partial charge is 0.469 e. The summed E-state index contributed by atoms with van der Waals surface area (Å²) in [6, 6.07) is 5.73. The zero-order chi connectivity index (χ0) is 12.5. The summed E-state index contributed by atoms with van der Waals surface area (Å²) >= 11 is 5.97. The molecule has 0 bridgehead atoms. The first-order valence-corrected chi connectivity index (χ1v) is 6.14. The molecule has 0 fully saturated rings. The van der Waals surface area contributed by atoms with Gasteiger partial charge in [-0.05, 0) is 31.5 Å². The van der Waals surface area contributed by atoms with Crippen LogP contribution in [0.2, 0.25) is 5.15 Å². The smallest absolute Gasteiger partial charge is 0.142 e. The Hall–Kier alpha value is -1.81. The van der Waals surface area contributed by atoms with Crippen molar-refractivity contribution in [3.8, 4) is 0 Å². The van der Waals surface area contributed by atoms with Gasteiger partial charge in [0.15, 0.2) is 0 Å². The van der Waals surface area contributed by atoms with E-state index in [0.717, 1.165) is 41.2 Å². The van der Waals surface area contributed by atoms with Gasteiger partial charge in [0.05, 0.1) is 12.0 Å². The van der Waals surface area contributed by atoms with E-state index in [1.807, 2.05) is 25.1 Å². The molecular weight excluding hydrogens is 250 g/mol. The molecule has 3 heterocycles. The molecule has 0 aliphatic rings. The molecule has 1 N–H and O–H groups in total. The van der Waals surface area contributed by atoms with Gasteiger partial charge < -0.3 is 9.40 Å². The van der Waals surface area contributed by atoms with E-state index in [4.69, 9.17) is 16.0 Å². The molecular formula is C13H12ClN3O. The monoisotopic (exact) mass is 261 g/mol. The van der Waals surface area contributed by atoms with E-state index < -0.39 is 0 Å². The average molecular weight is 262 g/mol. The van der Waals surface area contributed by atoms with Crippen LogP contribution < -0.4 is 0 Å². The molecule has 0 unspecified atom stereocenters. The van der Waals surface area contributed by atoms with Crippen LogP contribution in [0.4, 0.5) is 0 Å². The van der Waals surface area contributed by atoms with Gasteiger partial charge in [-0.3, -0.25) is 0 Å². The van der Waals surface area contributed by atoms with Crippen LogP contribution in [-0.4, -0.2) is 15.0 Å². The minimum atomic E-state index is 0.587. The van der Waals surface area contributed by atoms with E-state index in [9.17, 15) is 0 Å². The molecule has 3 rings (SSSR count). The molecule has 0 aliphatic heterocycles.